The van der Waals surface area contributed by atoms with Crippen LogP contribution in [0.1, 0.15) is 37.2 Å². The smallest absolute Gasteiger partial charge is 0.269 e. The Bertz CT molecular complexity index is 611. The van der Waals surface area contributed by atoms with Crippen molar-refractivity contribution in [2.45, 2.75) is 32.1 Å². The number of amides is 1. The first-order valence-electron chi connectivity index (χ1n) is 7.43. The average molecular weight is 305 g/mol. The molecular weight excluding hydrogens is 284 g/mol. The van der Waals surface area contributed by atoms with Gasteiger partial charge >= 0.3 is 0 Å². The number of rotatable bonds is 6. The molecule has 112 valence electrons. The minimum atomic E-state index is -0.169. The Balaban J connectivity index is 2.02. The van der Waals surface area contributed by atoms with E-state index in [4.69, 9.17) is 11.6 Å². The Morgan fingerprint density at radius 3 is 2.62 bits per heavy atom. The number of hydrogen-bond donors (Lipinski definition) is 1. The molecule has 0 aliphatic rings. The van der Waals surface area contributed by atoms with Crippen molar-refractivity contribution < 1.29 is 4.79 Å². The van der Waals surface area contributed by atoms with Crippen LogP contribution in [0.4, 0.5) is 0 Å². The van der Waals surface area contributed by atoms with E-state index in [0.717, 1.165) is 23.7 Å². The maximum absolute atomic E-state index is 12.2. The van der Waals surface area contributed by atoms with Gasteiger partial charge in [-0.3, -0.25) is 4.79 Å². The summed E-state index contributed by atoms with van der Waals surface area (Å²) in [7, 11) is 0. The van der Waals surface area contributed by atoms with E-state index < -0.39 is 0 Å². The number of nitrogens with one attached hydrogen (secondary N) is 1. The lowest BCUT2D eigenvalue weighted by Crippen LogP contribution is -2.33. The van der Waals surface area contributed by atoms with E-state index in [1.54, 1.807) is 6.07 Å². The van der Waals surface area contributed by atoms with Gasteiger partial charge in [-0.1, -0.05) is 51.0 Å². The molecule has 0 fully saturated rings. The van der Waals surface area contributed by atoms with Crippen LogP contribution in [0.5, 0.6) is 0 Å². The molecule has 4 heteroatoms. The minimum Gasteiger partial charge on any atom is -0.349 e. The molecule has 1 amide bonds. The van der Waals surface area contributed by atoms with Crippen LogP contribution in [0.15, 0.2) is 36.4 Å². The van der Waals surface area contributed by atoms with E-state index in [9.17, 15) is 4.79 Å². The van der Waals surface area contributed by atoms with E-state index >= 15 is 0 Å². The zero-order valence-corrected chi connectivity index (χ0v) is 13.2. The molecule has 0 aliphatic heterocycles. The second-order valence-electron chi connectivity index (χ2n) is 5.19. The van der Waals surface area contributed by atoms with Crippen LogP contribution in [0.2, 0.25) is 0 Å². The Hall–Kier alpha value is -1.61. The summed E-state index contributed by atoms with van der Waals surface area (Å²) < 4.78 is 0. The van der Waals surface area contributed by atoms with Crippen LogP contribution in [0, 0.1) is 5.92 Å². The number of carbonyl (C=O) groups excluding carboxylic acids is 1. The van der Waals surface area contributed by atoms with Crippen LogP contribution < -0.4 is 5.32 Å². The third kappa shape index (κ3) is 3.94. The van der Waals surface area contributed by atoms with Crippen molar-refractivity contribution in [3.63, 3.8) is 0 Å². The Morgan fingerprint density at radius 1 is 1.19 bits per heavy atom. The zero-order chi connectivity index (χ0) is 15.2. The molecule has 1 N–H and O–H groups in total. The summed E-state index contributed by atoms with van der Waals surface area (Å²) in [4.78, 5) is 16.5. The minimum absolute atomic E-state index is 0.0376. The third-order valence-corrected chi connectivity index (χ3v) is 4.36. The van der Waals surface area contributed by atoms with E-state index in [-0.39, 0.29) is 11.3 Å². The first-order valence-corrected chi connectivity index (χ1v) is 7.87. The summed E-state index contributed by atoms with van der Waals surface area (Å²) >= 11 is 6.34. The normalized spacial score (nSPS) is 12.6. The number of pyridine rings is 1. The maximum atomic E-state index is 12.2. The number of benzene rings is 1. The molecule has 3 nitrogen and oxygen atoms in total. The monoisotopic (exact) mass is 304 g/mol. The molecule has 2 rings (SSSR count). The number of halogens is 1. The summed E-state index contributed by atoms with van der Waals surface area (Å²) in [6, 6.07) is 11.4. The van der Waals surface area contributed by atoms with Crippen molar-refractivity contribution >= 4 is 28.4 Å². The number of nitrogens with zero attached hydrogens (tertiary/aromatic N) is 1. The van der Waals surface area contributed by atoms with Crippen LogP contribution in [0.3, 0.4) is 0 Å². The van der Waals surface area contributed by atoms with Crippen molar-refractivity contribution in [3.05, 3.63) is 42.1 Å². The standard InChI is InChI=1S/C17H21ClN2O/c1-3-12(4-2)14(18)11-19-17(21)16-10-9-13-7-5-6-8-15(13)20-16/h5-10,12,14H,3-4,11H2,1-2H3,(H,19,21). The Labute approximate surface area is 130 Å². The predicted octanol–water partition coefficient (Wildman–Crippen LogP) is 4.01. The highest BCUT2D eigenvalue weighted by Crippen LogP contribution is 2.18. The molecule has 1 heterocycles. The number of carbonyl (C=O) groups is 1. The van der Waals surface area contributed by atoms with Gasteiger partial charge in [-0.05, 0) is 18.1 Å². The van der Waals surface area contributed by atoms with E-state index in [0.29, 0.717) is 18.2 Å². The topological polar surface area (TPSA) is 42.0 Å². The second kappa shape index (κ2) is 7.41. The molecule has 1 unspecified atom stereocenters. The fraction of sp³-hybridized carbons (Fsp3) is 0.412. The number of alkyl halides is 1. The van der Waals surface area contributed by atoms with Gasteiger partial charge in [0.1, 0.15) is 5.69 Å². The van der Waals surface area contributed by atoms with Crippen LogP contribution >= 0.6 is 11.6 Å². The Kier molecular flexibility index (Phi) is 5.57. The fourth-order valence-corrected chi connectivity index (χ4v) is 2.87. The lowest BCUT2D eigenvalue weighted by molar-refractivity contribution is 0.0947. The highest BCUT2D eigenvalue weighted by molar-refractivity contribution is 6.21. The van der Waals surface area contributed by atoms with Gasteiger partial charge < -0.3 is 5.32 Å². The number of aromatic nitrogens is 1. The molecule has 1 aromatic heterocycles. The van der Waals surface area contributed by atoms with Crippen molar-refractivity contribution in [2.75, 3.05) is 6.54 Å². The molecule has 1 atom stereocenters. The number of para-hydroxylation sites is 1. The molecule has 0 radical (unpaired) electrons. The highest BCUT2D eigenvalue weighted by Gasteiger charge is 2.17. The van der Waals surface area contributed by atoms with Crippen molar-refractivity contribution in [1.82, 2.24) is 10.3 Å². The molecule has 0 saturated carbocycles. The van der Waals surface area contributed by atoms with Gasteiger partial charge in [0.05, 0.1) is 10.9 Å². The first kappa shape index (κ1) is 15.8. The SMILES string of the molecule is CCC(CC)C(Cl)CNC(=O)c1ccc2ccccc2n1. The molecule has 0 saturated heterocycles. The largest absolute Gasteiger partial charge is 0.349 e. The molecule has 21 heavy (non-hydrogen) atoms. The fourth-order valence-electron chi connectivity index (χ4n) is 2.44. The van der Waals surface area contributed by atoms with E-state index in [1.807, 2.05) is 30.3 Å². The molecule has 0 bridgehead atoms. The van der Waals surface area contributed by atoms with Gasteiger partial charge in [0.15, 0.2) is 0 Å². The summed E-state index contributed by atoms with van der Waals surface area (Å²) in [5, 5.41) is 3.87. The molecule has 1 aromatic carbocycles. The summed E-state index contributed by atoms with van der Waals surface area (Å²) in [5.74, 6) is 0.258. The lowest BCUT2D eigenvalue weighted by atomic mass is 9.99. The van der Waals surface area contributed by atoms with Gasteiger partial charge in [-0.25, -0.2) is 4.98 Å². The van der Waals surface area contributed by atoms with E-state index in [2.05, 4.69) is 24.1 Å². The van der Waals surface area contributed by atoms with Crippen LogP contribution in [0.25, 0.3) is 10.9 Å². The van der Waals surface area contributed by atoms with Crippen molar-refractivity contribution in [1.29, 1.82) is 0 Å². The molecule has 2 aromatic rings. The van der Waals surface area contributed by atoms with Gasteiger partial charge in [-0.15, -0.1) is 11.6 Å². The number of fused-ring (bicyclic) bond motifs is 1. The van der Waals surface area contributed by atoms with Crippen molar-refractivity contribution in [2.24, 2.45) is 5.92 Å². The van der Waals surface area contributed by atoms with Gasteiger partial charge in [0.2, 0.25) is 0 Å². The van der Waals surface area contributed by atoms with Crippen molar-refractivity contribution in [3.8, 4) is 0 Å². The predicted molar refractivity (Wildman–Crippen MR) is 87.8 cm³/mol. The average Bonchev–Trinajstić information content (AvgIpc) is 2.53. The molecular formula is C17H21ClN2O. The van der Waals surface area contributed by atoms with E-state index in [1.165, 1.54) is 0 Å². The first-order chi connectivity index (χ1) is 10.2. The lowest BCUT2D eigenvalue weighted by Gasteiger charge is -2.19. The third-order valence-electron chi connectivity index (χ3n) is 3.85. The molecule has 0 spiro atoms. The van der Waals surface area contributed by atoms with Gasteiger partial charge in [-0.2, -0.15) is 0 Å². The Morgan fingerprint density at radius 2 is 1.90 bits per heavy atom. The second-order valence-corrected chi connectivity index (χ2v) is 5.75. The van der Waals surface area contributed by atoms with Gasteiger partial charge in [0, 0.05) is 11.9 Å². The summed E-state index contributed by atoms with van der Waals surface area (Å²) in [5.41, 5.74) is 1.26. The summed E-state index contributed by atoms with van der Waals surface area (Å²) in [6.07, 6.45) is 2.05. The maximum Gasteiger partial charge on any atom is 0.269 e. The summed E-state index contributed by atoms with van der Waals surface area (Å²) in [6.45, 7) is 4.72. The molecule has 0 aliphatic carbocycles. The van der Waals surface area contributed by atoms with Crippen LogP contribution in [-0.4, -0.2) is 22.8 Å². The zero-order valence-electron chi connectivity index (χ0n) is 12.5. The van der Waals surface area contributed by atoms with Crippen LogP contribution in [-0.2, 0) is 0 Å². The van der Waals surface area contributed by atoms with Gasteiger partial charge in [0.25, 0.3) is 5.91 Å². The quantitative estimate of drug-likeness (QED) is 0.819. The number of hydrogen-bond acceptors (Lipinski definition) is 2. The highest BCUT2D eigenvalue weighted by atomic mass is 35.5.